The second kappa shape index (κ2) is 6.26. The molecule has 1 fully saturated rings. The fourth-order valence-corrected chi connectivity index (χ4v) is 2.73. The van der Waals surface area contributed by atoms with Crippen LogP contribution in [0.5, 0.6) is 11.5 Å². The first-order chi connectivity index (χ1) is 9.92. The molecule has 1 heterocycles. The van der Waals surface area contributed by atoms with Crippen LogP contribution >= 0.6 is 12.6 Å². The molecule has 0 bridgehead atoms. The number of hydrogen-bond donors (Lipinski definition) is 4. The van der Waals surface area contributed by atoms with Crippen molar-refractivity contribution in [1.29, 1.82) is 0 Å². The highest BCUT2D eigenvalue weighted by Gasteiger charge is 2.37. The largest absolute Gasteiger partial charge is 0.504 e. The number of phenolic OH excluding ortho intramolecular Hbond substituents is 2. The molecule has 21 heavy (non-hydrogen) atoms. The summed E-state index contributed by atoms with van der Waals surface area (Å²) in [6.07, 6.45) is 0.391. The molecule has 1 aliphatic heterocycles. The van der Waals surface area contributed by atoms with Crippen molar-refractivity contribution in [2.45, 2.75) is 18.9 Å². The molecule has 2 atom stereocenters. The number of nitrogens with zero attached hydrogens (tertiary/aromatic N) is 1. The highest BCUT2D eigenvalue weighted by atomic mass is 32.1. The van der Waals surface area contributed by atoms with Gasteiger partial charge in [0.05, 0.1) is 0 Å². The van der Waals surface area contributed by atoms with Crippen molar-refractivity contribution in [2.24, 2.45) is 5.92 Å². The van der Waals surface area contributed by atoms with Gasteiger partial charge in [-0.15, -0.1) is 0 Å². The number of likely N-dealkylation sites (tertiary alicyclic amines) is 1. The van der Waals surface area contributed by atoms with Crippen molar-refractivity contribution in [3.63, 3.8) is 0 Å². The number of aliphatic carboxylic acids is 1. The number of thiol groups is 1. The highest BCUT2D eigenvalue weighted by molar-refractivity contribution is 7.80. The molecular weight excluding hydrogens is 294 g/mol. The normalized spacial score (nSPS) is 19.8. The standard InChI is InChI=1S/C14H17NO5S/c16-11-2-1-8(4-12(11)17)3-10(14(19)20)15-6-9(7-21)5-13(15)18/h1-2,4,9-10,16-17,21H,3,5-7H2,(H,19,20)/t9?,10-/m0/s1. The van der Waals surface area contributed by atoms with Crippen molar-refractivity contribution in [1.82, 2.24) is 4.90 Å². The van der Waals surface area contributed by atoms with Crippen molar-refractivity contribution < 1.29 is 24.9 Å². The number of benzene rings is 1. The topological polar surface area (TPSA) is 98.1 Å². The summed E-state index contributed by atoms with van der Waals surface area (Å²) in [7, 11) is 0. The van der Waals surface area contributed by atoms with Crippen LogP contribution in [-0.4, -0.2) is 50.4 Å². The van der Waals surface area contributed by atoms with Gasteiger partial charge in [-0.1, -0.05) is 6.07 Å². The van der Waals surface area contributed by atoms with Crippen LogP contribution in [0.1, 0.15) is 12.0 Å². The molecule has 0 aromatic heterocycles. The Morgan fingerprint density at radius 2 is 2.10 bits per heavy atom. The fraction of sp³-hybridized carbons (Fsp3) is 0.429. The summed E-state index contributed by atoms with van der Waals surface area (Å²) in [5, 5.41) is 28.1. The minimum Gasteiger partial charge on any atom is -0.504 e. The Hall–Kier alpha value is -1.89. The van der Waals surface area contributed by atoms with E-state index in [2.05, 4.69) is 12.6 Å². The lowest BCUT2D eigenvalue weighted by Crippen LogP contribution is -2.43. The fourth-order valence-electron chi connectivity index (χ4n) is 2.48. The van der Waals surface area contributed by atoms with Crippen LogP contribution in [0.2, 0.25) is 0 Å². The van der Waals surface area contributed by atoms with Gasteiger partial charge in [-0.3, -0.25) is 4.79 Å². The third-order valence-electron chi connectivity index (χ3n) is 3.63. The summed E-state index contributed by atoms with van der Waals surface area (Å²) in [5.41, 5.74) is 0.542. The molecule has 0 spiro atoms. The lowest BCUT2D eigenvalue weighted by molar-refractivity contribution is -0.148. The van der Waals surface area contributed by atoms with Crippen LogP contribution in [0.25, 0.3) is 0 Å². The molecule has 2 rings (SSSR count). The van der Waals surface area contributed by atoms with Crippen molar-refractivity contribution in [2.75, 3.05) is 12.3 Å². The number of amides is 1. The Labute approximate surface area is 127 Å². The second-order valence-electron chi connectivity index (χ2n) is 5.18. The first kappa shape index (κ1) is 15.5. The zero-order valence-electron chi connectivity index (χ0n) is 11.3. The summed E-state index contributed by atoms with van der Waals surface area (Å²) in [6, 6.07) is 3.15. The van der Waals surface area contributed by atoms with E-state index in [0.29, 0.717) is 24.3 Å². The Kier molecular flexibility index (Phi) is 4.62. The quantitative estimate of drug-likeness (QED) is 0.478. The summed E-state index contributed by atoms with van der Waals surface area (Å²) in [4.78, 5) is 24.8. The number of rotatable bonds is 5. The zero-order valence-corrected chi connectivity index (χ0v) is 12.2. The third kappa shape index (κ3) is 3.41. The molecule has 0 radical (unpaired) electrons. The van der Waals surface area contributed by atoms with E-state index in [1.54, 1.807) is 0 Å². The molecule has 1 amide bonds. The first-order valence-corrected chi connectivity index (χ1v) is 7.19. The molecular formula is C14H17NO5S. The lowest BCUT2D eigenvalue weighted by atomic mass is 10.0. The smallest absolute Gasteiger partial charge is 0.326 e. The number of carbonyl (C=O) groups is 2. The maximum atomic E-state index is 11.9. The number of aromatic hydroxyl groups is 2. The van der Waals surface area contributed by atoms with Crippen LogP contribution < -0.4 is 0 Å². The van der Waals surface area contributed by atoms with Crippen molar-refractivity contribution >= 4 is 24.5 Å². The van der Waals surface area contributed by atoms with Gasteiger partial charge in [0, 0.05) is 19.4 Å². The van der Waals surface area contributed by atoms with Gasteiger partial charge in [0.2, 0.25) is 5.91 Å². The minimum absolute atomic E-state index is 0.0657. The lowest BCUT2D eigenvalue weighted by Gasteiger charge is -2.24. The van der Waals surface area contributed by atoms with E-state index in [0.717, 1.165) is 0 Å². The molecule has 1 unspecified atom stereocenters. The average molecular weight is 311 g/mol. The molecule has 6 nitrogen and oxygen atoms in total. The summed E-state index contributed by atoms with van der Waals surface area (Å²) in [5.74, 6) is -1.25. The van der Waals surface area contributed by atoms with E-state index in [1.807, 2.05) is 0 Å². The van der Waals surface area contributed by atoms with E-state index >= 15 is 0 Å². The van der Waals surface area contributed by atoms with Gasteiger partial charge >= 0.3 is 5.97 Å². The van der Waals surface area contributed by atoms with Gasteiger partial charge in [-0.2, -0.15) is 12.6 Å². The van der Waals surface area contributed by atoms with Gasteiger partial charge in [0.25, 0.3) is 0 Å². The Bertz CT molecular complexity index is 562. The monoisotopic (exact) mass is 311 g/mol. The maximum Gasteiger partial charge on any atom is 0.326 e. The van der Waals surface area contributed by atoms with Crippen LogP contribution in [0.4, 0.5) is 0 Å². The predicted octanol–water partition coefficient (Wildman–Crippen LogP) is 0.872. The Morgan fingerprint density at radius 3 is 2.62 bits per heavy atom. The average Bonchev–Trinajstić information content (AvgIpc) is 2.80. The highest BCUT2D eigenvalue weighted by Crippen LogP contribution is 2.27. The van der Waals surface area contributed by atoms with Gasteiger partial charge in [0.1, 0.15) is 6.04 Å². The summed E-state index contributed by atoms with van der Waals surface area (Å²) in [6.45, 7) is 0.378. The SMILES string of the molecule is O=C(O)[C@H](Cc1ccc(O)c(O)c1)N1CC(CS)CC1=O. The van der Waals surface area contributed by atoms with Gasteiger partial charge in [-0.25, -0.2) is 4.79 Å². The van der Waals surface area contributed by atoms with Crippen molar-refractivity contribution in [3.05, 3.63) is 23.8 Å². The van der Waals surface area contributed by atoms with Gasteiger partial charge in [0.15, 0.2) is 11.5 Å². The summed E-state index contributed by atoms with van der Waals surface area (Å²) < 4.78 is 0. The number of carbonyl (C=O) groups excluding carboxylic acids is 1. The molecule has 7 heteroatoms. The molecule has 114 valence electrons. The number of carboxylic acids is 1. The van der Waals surface area contributed by atoms with E-state index < -0.39 is 12.0 Å². The summed E-state index contributed by atoms with van der Waals surface area (Å²) >= 11 is 4.15. The molecule has 1 saturated heterocycles. The van der Waals surface area contributed by atoms with Crippen LogP contribution in [-0.2, 0) is 16.0 Å². The number of carboxylic acid groups (broad SMARTS) is 1. The number of hydrogen-bond acceptors (Lipinski definition) is 5. The molecule has 1 aromatic rings. The number of phenols is 2. The van der Waals surface area contributed by atoms with Crippen LogP contribution in [0.3, 0.4) is 0 Å². The molecule has 1 aromatic carbocycles. The van der Waals surface area contributed by atoms with Crippen molar-refractivity contribution in [3.8, 4) is 11.5 Å². The van der Waals surface area contributed by atoms with E-state index in [1.165, 1.54) is 23.1 Å². The van der Waals surface area contributed by atoms with Crippen LogP contribution in [0.15, 0.2) is 18.2 Å². The zero-order chi connectivity index (χ0) is 15.6. The second-order valence-corrected chi connectivity index (χ2v) is 5.55. The molecule has 0 saturated carbocycles. The van der Waals surface area contributed by atoms with E-state index in [-0.39, 0.29) is 29.7 Å². The maximum absolute atomic E-state index is 11.9. The van der Waals surface area contributed by atoms with Gasteiger partial charge in [-0.05, 0) is 29.4 Å². The Balaban J connectivity index is 2.18. The minimum atomic E-state index is -1.09. The predicted molar refractivity (Wildman–Crippen MR) is 78.6 cm³/mol. The van der Waals surface area contributed by atoms with E-state index in [9.17, 15) is 24.9 Å². The van der Waals surface area contributed by atoms with Crippen LogP contribution in [0, 0.1) is 5.92 Å². The molecule has 1 aliphatic rings. The van der Waals surface area contributed by atoms with E-state index in [4.69, 9.17) is 0 Å². The van der Waals surface area contributed by atoms with Gasteiger partial charge < -0.3 is 20.2 Å². The third-order valence-corrected chi connectivity index (χ3v) is 4.14. The molecule has 0 aliphatic carbocycles. The Morgan fingerprint density at radius 1 is 1.38 bits per heavy atom. The molecule has 3 N–H and O–H groups in total. The first-order valence-electron chi connectivity index (χ1n) is 6.56.